The second kappa shape index (κ2) is 9.23. The van der Waals surface area contributed by atoms with Crippen molar-refractivity contribution in [2.45, 2.75) is 32.1 Å². The van der Waals surface area contributed by atoms with E-state index >= 15 is 0 Å². The summed E-state index contributed by atoms with van der Waals surface area (Å²) in [4.78, 5) is 0. The molecule has 0 aliphatic heterocycles. The molecule has 1 N–H and O–H groups in total. The van der Waals surface area contributed by atoms with Crippen LogP contribution in [-0.4, -0.2) is 16.0 Å². The molecule has 2 aromatic carbocycles. The van der Waals surface area contributed by atoms with Crippen LogP contribution in [0.25, 0.3) is 10.7 Å². The molecular formula is C23H15ClF8N4. The fourth-order valence-electron chi connectivity index (χ4n) is 3.79. The van der Waals surface area contributed by atoms with Crippen LogP contribution in [-0.2, 0) is 18.8 Å². The number of nitrogens with one attached hydrogen (secondary N) is 1. The minimum Gasteiger partial charge on any atom is -0.278 e. The highest BCUT2D eigenvalue weighted by molar-refractivity contribution is 6.51. The number of alkyl halides is 6. The van der Waals surface area contributed by atoms with Crippen LogP contribution < -0.4 is 5.43 Å². The van der Waals surface area contributed by atoms with Gasteiger partial charge < -0.3 is 0 Å². The van der Waals surface area contributed by atoms with E-state index in [0.717, 1.165) is 12.1 Å². The molecule has 0 radical (unpaired) electrons. The minimum atomic E-state index is -4.99. The van der Waals surface area contributed by atoms with Crippen molar-refractivity contribution >= 4 is 28.5 Å². The van der Waals surface area contributed by atoms with Gasteiger partial charge in [0.05, 0.1) is 39.4 Å². The Morgan fingerprint density at radius 1 is 0.972 bits per heavy atom. The molecule has 36 heavy (non-hydrogen) atoms. The van der Waals surface area contributed by atoms with E-state index in [1.807, 2.05) is 0 Å². The molecule has 1 heterocycles. The number of aromatic nitrogens is 2. The van der Waals surface area contributed by atoms with Gasteiger partial charge in [0.15, 0.2) is 5.82 Å². The molecule has 0 bridgehead atoms. The van der Waals surface area contributed by atoms with Gasteiger partial charge in [0.2, 0.25) is 0 Å². The molecule has 0 saturated carbocycles. The molecule has 3 aromatic rings. The number of hydrogen-bond donors (Lipinski definition) is 1. The first-order valence-electron chi connectivity index (χ1n) is 10.3. The summed E-state index contributed by atoms with van der Waals surface area (Å²) in [5.74, 6) is -1.57. The van der Waals surface area contributed by atoms with Crippen LogP contribution in [0.1, 0.15) is 34.5 Å². The Morgan fingerprint density at radius 3 is 2.19 bits per heavy atom. The summed E-state index contributed by atoms with van der Waals surface area (Å²) >= 11 is 6.49. The first-order chi connectivity index (χ1) is 16.8. The number of benzene rings is 2. The molecule has 1 aliphatic rings. The lowest BCUT2D eigenvalue weighted by molar-refractivity contribution is -0.143. The molecule has 190 valence electrons. The number of fused-ring (bicyclic) bond motifs is 1. The standard InChI is InChI=1S/C23H15ClF8N4/c1-11-20-19(36(35-11)18-5-3-15(25)9-17(18)26)4-2-12(21(20)24)10-33-34-16-7-13(22(27,28)29)6-14(8-16)23(30,31)32/h3,5-10,34H,2,4H2,1H3/b33-10-. The van der Waals surface area contributed by atoms with E-state index in [9.17, 15) is 35.1 Å². The maximum absolute atomic E-state index is 14.3. The molecule has 1 aliphatic carbocycles. The highest BCUT2D eigenvalue weighted by atomic mass is 35.5. The number of hydrazone groups is 1. The number of nitrogens with zero attached hydrogens (tertiary/aromatic N) is 3. The highest BCUT2D eigenvalue weighted by Crippen LogP contribution is 2.39. The average Bonchev–Trinajstić information content (AvgIpc) is 3.10. The van der Waals surface area contributed by atoms with Gasteiger partial charge in [-0.05, 0) is 55.7 Å². The zero-order valence-corrected chi connectivity index (χ0v) is 19.0. The second-order valence-corrected chi connectivity index (χ2v) is 8.30. The van der Waals surface area contributed by atoms with E-state index in [-0.39, 0.29) is 23.2 Å². The van der Waals surface area contributed by atoms with E-state index in [4.69, 9.17) is 11.6 Å². The van der Waals surface area contributed by atoms with E-state index < -0.39 is 40.8 Å². The van der Waals surface area contributed by atoms with Gasteiger partial charge in [0, 0.05) is 11.6 Å². The number of rotatable bonds is 4. The lowest BCUT2D eigenvalue weighted by atomic mass is 9.96. The third kappa shape index (κ3) is 5.08. The molecule has 4 rings (SSSR count). The monoisotopic (exact) mass is 534 g/mol. The van der Waals surface area contributed by atoms with Crippen molar-refractivity contribution in [3.05, 3.63) is 81.7 Å². The molecule has 4 nitrogen and oxygen atoms in total. The Morgan fingerprint density at radius 2 is 1.61 bits per heavy atom. The van der Waals surface area contributed by atoms with Gasteiger partial charge in [-0.25, -0.2) is 13.5 Å². The van der Waals surface area contributed by atoms with Gasteiger partial charge in [0.1, 0.15) is 11.5 Å². The zero-order valence-electron chi connectivity index (χ0n) is 18.2. The maximum atomic E-state index is 14.3. The second-order valence-electron chi connectivity index (χ2n) is 7.92. The Labute approximate surface area is 203 Å². The minimum absolute atomic E-state index is 0.0152. The Kier molecular flexibility index (Phi) is 6.58. The Bertz CT molecular complexity index is 1350. The molecule has 0 saturated heterocycles. The summed E-state index contributed by atoms with van der Waals surface area (Å²) in [7, 11) is 0. The van der Waals surface area contributed by atoms with Crippen LogP contribution in [0.3, 0.4) is 0 Å². The maximum Gasteiger partial charge on any atom is 0.416 e. The van der Waals surface area contributed by atoms with Gasteiger partial charge in [-0.15, -0.1) is 0 Å². The Balaban J connectivity index is 1.64. The van der Waals surface area contributed by atoms with Gasteiger partial charge in [0.25, 0.3) is 0 Å². The predicted molar refractivity (Wildman–Crippen MR) is 118 cm³/mol. The average molecular weight is 535 g/mol. The number of hydrogen-bond acceptors (Lipinski definition) is 3. The summed E-state index contributed by atoms with van der Waals surface area (Å²) in [5.41, 5.74) is 0.637. The van der Waals surface area contributed by atoms with Gasteiger partial charge in [-0.2, -0.15) is 36.5 Å². The Hall–Kier alpha value is -3.41. The summed E-state index contributed by atoms with van der Waals surface area (Å²) in [6.45, 7) is 1.62. The summed E-state index contributed by atoms with van der Waals surface area (Å²) in [6, 6.07) is 4.08. The van der Waals surface area contributed by atoms with Gasteiger partial charge in [-0.3, -0.25) is 5.43 Å². The zero-order chi connectivity index (χ0) is 26.4. The van der Waals surface area contributed by atoms with Crippen LogP contribution in [0.4, 0.5) is 40.8 Å². The van der Waals surface area contributed by atoms with Crippen molar-refractivity contribution in [1.82, 2.24) is 9.78 Å². The van der Waals surface area contributed by atoms with Crippen LogP contribution >= 0.6 is 11.6 Å². The number of aryl methyl sites for hydroxylation is 1. The third-order valence-corrected chi connectivity index (χ3v) is 5.86. The number of halogens is 9. The van der Waals surface area contributed by atoms with Crippen molar-refractivity contribution in [2.75, 3.05) is 5.43 Å². The van der Waals surface area contributed by atoms with Gasteiger partial charge >= 0.3 is 12.4 Å². The van der Waals surface area contributed by atoms with Crippen LogP contribution in [0.2, 0.25) is 0 Å². The van der Waals surface area contributed by atoms with Crippen molar-refractivity contribution in [3.63, 3.8) is 0 Å². The smallest absolute Gasteiger partial charge is 0.278 e. The van der Waals surface area contributed by atoms with Crippen LogP contribution in [0, 0.1) is 18.6 Å². The van der Waals surface area contributed by atoms with Crippen molar-refractivity contribution < 1.29 is 35.1 Å². The van der Waals surface area contributed by atoms with Crippen molar-refractivity contribution in [1.29, 1.82) is 0 Å². The molecule has 0 amide bonds. The first-order valence-corrected chi connectivity index (χ1v) is 10.6. The lowest BCUT2D eigenvalue weighted by Gasteiger charge is -2.17. The predicted octanol–water partition coefficient (Wildman–Crippen LogP) is 7.49. The quantitative estimate of drug-likeness (QED) is 0.214. The molecule has 0 fully saturated rings. The SMILES string of the molecule is Cc1nn(-c2ccc(F)cc2F)c2c1C(Cl)=C(/C=N\Nc1cc(C(F)(F)F)cc(C(F)(F)F)c1)CC2. The van der Waals surface area contributed by atoms with Crippen molar-refractivity contribution in [3.8, 4) is 5.69 Å². The van der Waals surface area contributed by atoms with E-state index in [2.05, 4.69) is 15.6 Å². The van der Waals surface area contributed by atoms with Gasteiger partial charge in [-0.1, -0.05) is 11.6 Å². The largest absolute Gasteiger partial charge is 0.416 e. The molecule has 1 aromatic heterocycles. The molecule has 13 heteroatoms. The summed E-state index contributed by atoms with van der Waals surface area (Å²) in [6.07, 6.45) is -8.22. The van der Waals surface area contributed by atoms with E-state index in [1.54, 1.807) is 6.92 Å². The molecular weight excluding hydrogens is 520 g/mol. The first kappa shape index (κ1) is 25.7. The summed E-state index contributed by atoms with van der Waals surface area (Å²) < 4.78 is 107. The molecule has 0 atom stereocenters. The third-order valence-electron chi connectivity index (χ3n) is 5.43. The van der Waals surface area contributed by atoms with Crippen molar-refractivity contribution in [2.24, 2.45) is 5.10 Å². The van der Waals surface area contributed by atoms with Crippen LogP contribution in [0.5, 0.6) is 0 Å². The summed E-state index contributed by atoms with van der Waals surface area (Å²) in [5, 5.41) is 8.25. The normalized spacial score (nSPS) is 14.5. The van der Waals surface area contributed by atoms with E-state index in [0.29, 0.717) is 41.1 Å². The van der Waals surface area contributed by atoms with E-state index in [1.165, 1.54) is 17.0 Å². The fourth-order valence-corrected chi connectivity index (χ4v) is 4.18. The molecule has 0 unspecified atom stereocenters. The highest BCUT2D eigenvalue weighted by Gasteiger charge is 2.37. The molecule has 0 spiro atoms. The topological polar surface area (TPSA) is 42.2 Å². The number of anilines is 1. The lowest BCUT2D eigenvalue weighted by Crippen LogP contribution is -2.12. The number of allylic oxidation sites excluding steroid dienone is 1. The fraction of sp³-hybridized carbons (Fsp3) is 0.217. The van der Waals surface area contributed by atoms with Crippen LogP contribution in [0.15, 0.2) is 47.1 Å².